The summed E-state index contributed by atoms with van der Waals surface area (Å²) in [6.45, 7) is 1.76. The van der Waals surface area contributed by atoms with Gasteiger partial charge in [0.25, 0.3) is 5.91 Å². The van der Waals surface area contributed by atoms with Crippen LogP contribution in [0.25, 0.3) is 11.3 Å². The molecule has 3 heterocycles. The molecule has 188 valence electrons. The first-order chi connectivity index (χ1) is 17.0. The maximum Gasteiger partial charge on any atom is 0.292 e. The lowest BCUT2D eigenvalue weighted by Gasteiger charge is -2.34. The number of aromatic hydroxyl groups is 1. The second kappa shape index (κ2) is 12.1. The van der Waals surface area contributed by atoms with Gasteiger partial charge >= 0.3 is 0 Å². The molecule has 0 aliphatic carbocycles. The summed E-state index contributed by atoms with van der Waals surface area (Å²) < 4.78 is 5.17. The number of rotatable bonds is 7. The number of halogens is 1. The van der Waals surface area contributed by atoms with Crippen LogP contribution in [0.15, 0.2) is 53.1 Å². The minimum Gasteiger partial charge on any atom is -0.507 e. The maximum absolute atomic E-state index is 12.7. The third-order valence-electron chi connectivity index (χ3n) is 5.84. The molecule has 0 radical (unpaired) electrons. The van der Waals surface area contributed by atoms with Gasteiger partial charge < -0.3 is 30.8 Å². The van der Waals surface area contributed by atoms with E-state index < -0.39 is 5.91 Å². The third-order valence-corrected chi connectivity index (χ3v) is 5.84. The molecule has 3 aromatic rings. The third kappa shape index (κ3) is 5.76. The van der Waals surface area contributed by atoms with E-state index in [9.17, 15) is 20.0 Å². The second-order valence-corrected chi connectivity index (χ2v) is 8.18. The molecule has 1 aliphatic rings. The number of hydrogen-bond acceptors (Lipinski definition) is 8. The van der Waals surface area contributed by atoms with Gasteiger partial charge in [0.1, 0.15) is 17.4 Å². The maximum atomic E-state index is 12.7. The molecule has 1 unspecified atom stereocenters. The van der Waals surface area contributed by atoms with Gasteiger partial charge in [-0.3, -0.25) is 9.59 Å². The molecule has 1 aromatic carbocycles. The predicted octanol–water partition coefficient (Wildman–Crippen LogP) is 2.88. The molecule has 1 saturated heterocycles. The quantitative estimate of drug-likeness (QED) is 0.377. The molecule has 0 spiro atoms. The number of pyridine rings is 1. The molecule has 0 bridgehead atoms. The molecular formula is C25H27ClN6O4. The summed E-state index contributed by atoms with van der Waals surface area (Å²) in [5.41, 5.74) is 7.01. The minimum atomic E-state index is -0.558. The fraction of sp³-hybridized carbons (Fsp3) is 0.280. The summed E-state index contributed by atoms with van der Waals surface area (Å²) in [4.78, 5) is 31.7. The number of carbonyl (C=O) groups is 2. The normalized spacial score (nSPS) is 14.9. The van der Waals surface area contributed by atoms with Gasteiger partial charge in [0, 0.05) is 31.7 Å². The molecule has 0 saturated carbocycles. The molecule has 1 atom stereocenters. The Bertz CT molecular complexity index is 1260. The Kier molecular flexibility index (Phi) is 8.89. The zero-order chi connectivity index (χ0) is 24.8. The Labute approximate surface area is 214 Å². The van der Waals surface area contributed by atoms with Crippen molar-refractivity contribution in [3.63, 3.8) is 0 Å². The van der Waals surface area contributed by atoms with Crippen molar-refractivity contribution in [2.75, 3.05) is 36.4 Å². The average molecular weight is 511 g/mol. The first-order valence-electron chi connectivity index (χ1n) is 11.3. The smallest absolute Gasteiger partial charge is 0.292 e. The number of benzene rings is 1. The summed E-state index contributed by atoms with van der Waals surface area (Å²) >= 11 is 0. The zero-order valence-corrected chi connectivity index (χ0v) is 20.3. The highest BCUT2D eigenvalue weighted by molar-refractivity contribution is 6.03. The van der Waals surface area contributed by atoms with Crippen LogP contribution in [0.4, 0.5) is 11.5 Å². The van der Waals surface area contributed by atoms with Crippen molar-refractivity contribution in [2.24, 2.45) is 11.7 Å². The van der Waals surface area contributed by atoms with Crippen molar-refractivity contribution in [3.05, 3.63) is 60.1 Å². The molecular weight excluding hydrogens is 484 g/mol. The van der Waals surface area contributed by atoms with Crippen LogP contribution in [0.3, 0.4) is 0 Å². The van der Waals surface area contributed by atoms with E-state index in [4.69, 9.17) is 10.2 Å². The monoisotopic (exact) mass is 510 g/mol. The van der Waals surface area contributed by atoms with E-state index in [1.807, 2.05) is 4.90 Å². The Balaban J connectivity index is 0.00000361. The van der Waals surface area contributed by atoms with E-state index in [0.717, 1.165) is 6.42 Å². The summed E-state index contributed by atoms with van der Waals surface area (Å²) in [5, 5.41) is 26.0. The summed E-state index contributed by atoms with van der Waals surface area (Å²) in [5.74, 6) is -0.794. The highest BCUT2D eigenvalue weighted by atomic mass is 35.5. The number of piperidine rings is 1. The minimum absolute atomic E-state index is 0. The van der Waals surface area contributed by atoms with Gasteiger partial charge in [-0.2, -0.15) is 5.26 Å². The van der Waals surface area contributed by atoms with Gasteiger partial charge in [-0.1, -0.05) is 12.1 Å². The van der Waals surface area contributed by atoms with Gasteiger partial charge in [-0.15, -0.1) is 12.4 Å². The van der Waals surface area contributed by atoms with E-state index in [1.165, 1.54) is 18.4 Å². The van der Waals surface area contributed by atoms with Gasteiger partial charge in [0.05, 0.1) is 23.6 Å². The van der Waals surface area contributed by atoms with Crippen LogP contribution in [-0.4, -0.2) is 48.1 Å². The van der Waals surface area contributed by atoms with Crippen LogP contribution in [0.1, 0.15) is 29.0 Å². The number of nitrogens with one attached hydrogen (secondary N) is 2. The van der Waals surface area contributed by atoms with E-state index in [2.05, 4.69) is 21.7 Å². The molecule has 1 fully saturated rings. The Morgan fingerprint density at radius 1 is 1.28 bits per heavy atom. The molecule has 2 aromatic heterocycles. The second-order valence-electron chi connectivity index (χ2n) is 8.18. The predicted molar refractivity (Wildman–Crippen MR) is 137 cm³/mol. The van der Waals surface area contributed by atoms with Gasteiger partial charge in [0.15, 0.2) is 11.6 Å². The van der Waals surface area contributed by atoms with E-state index in [-0.39, 0.29) is 47.1 Å². The van der Waals surface area contributed by atoms with Crippen LogP contribution < -0.4 is 21.3 Å². The van der Waals surface area contributed by atoms with E-state index in [1.54, 1.807) is 30.3 Å². The van der Waals surface area contributed by atoms with Crippen molar-refractivity contribution < 1.29 is 19.1 Å². The zero-order valence-electron chi connectivity index (χ0n) is 19.4. The number of nitrogens with two attached hydrogens (primary N) is 1. The molecule has 1 aliphatic heterocycles. The number of nitriles is 1. The number of hydrogen-bond donors (Lipinski definition) is 4. The Hall–Kier alpha value is -4.07. The fourth-order valence-electron chi connectivity index (χ4n) is 4.14. The van der Waals surface area contributed by atoms with Crippen LogP contribution in [-0.2, 0) is 4.79 Å². The van der Waals surface area contributed by atoms with E-state index in [0.29, 0.717) is 49.5 Å². The van der Waals surface area contributed by atoms with Gasteiger partial charge in [0.2, 0.25) is 5.91 Å². The molecule has 5 N–H and O–H groups in total. The number of para-hydroxylation sites is 1. The number of furan rings is 1. The lowest BCUT2D eigenvalue weighted by atomic mass is 9.95. The SMILES string of the molecule is Cl.N#Cc1c(N2CCCC(C(=O)NCCN)C2)cc(-c2ccccc2O)nc1NC(=O)c1ccco1. The number of phenols is 1. The number of anilines is 2. The standard InChI is InChI=1S/C25H26N6O4.ClH/c26-9-10-28-24(33)16-5-3-11-31(15-16)20-13-19(17-6-1-2-7-21(17)32)29-23(18(20)14-27)30-25(34)22-8-4-12-35-22;/h1-2,4,6-8,12-13,16,32H,3,5,9-11,15,26H2,(H,28,33)(H,29,30,34);1H. The Morgan fingerprint density at radius 2 is 2.08 bits per heavy atom. The molecule has 10 nitrogen and oxygen atoms in total. The molecule has 36 heavy (non-hydrogen) atoms. The van der Waals surface area contributed by atoms with Gasteiger partial charge in [-0.05, 0) is 43.2 Å². The van der Waals surface area contributed by atoms with Crippen molar-refractivity contribution in [1.82, 2.24) is 10.3 Å². The van der Waals surface area contributed by atoms with Crippen LogP contribution in [0.2, 0.25) is 0 Å². The largest absolute Gasteiger partial charge is 0.507 e. The highest BCUT2D eigenvalue weighted by Gasteiger charge is 2.29. The summed E-state index contributed by atoms with van der Waals surface area (Å²) in [6.07, 6.45) is 2.84. The highest BCUT2D eigenvalue weighted by Crippen LogP contribution is 2.36. The lowest BCUT2D eigenvalue weighted by molar-refractivity contribution is -0.125. The average Bonchev–Trinajstić information content (AvgIpc) is 3.42. The number of nitrogens with zero attached hydrogens (tertiary/aromatic N) is 3. The fourth-order valence-corrected chi connectivity index (χ4v) is 4.14. The number of amides is 2. The number of carbonyl (C=O) groups excluding carboxylic acids is 2. The first kappa shape index (κ1) is 26.5. The van der Waals surface area contributed by atoms with Crippen molar-refractivity contribution in [2.45, 2.75) is 12.8 Å². The van der Waals surface area contributed by atoms with Crippen molar-refractivity contribution in [3.8, 4) is 23.1 Å². The lowest BCUT2D eigenvalue weighted by Crippen LogP contribution is -2.44. The van der Waals surface area contributed by atoms with Crippen molar-refractivity contribution in [1.29, 1.82) is 5.26 Å². The Morgan fingerprint density at radius 3 is 2.78 bits per heavy atom. The summed E-state index contributed by atoms with van der Waals surface area (Å²) in [6, 6.07) is 13.6. The van der Waals surface area contributed by atoms with Crippen LogP contribution in [0, 0.1) is 17.2 Å². The molecule has 11 heteroatoms. The first-order valence-corrected chi connectivity index (χ1v) is 11.3. The topological polar surface area (TPSA) is 158 Å². The molecule has 2 amide bonds. The van der Waals surface area contributed by atoms with Gasteiger partial charge in [-0.25, -0.2) is 4.98 Å². The summed E-state index contributed by atoms with van der Waals surface area (Å²) in [7, 11) is 0. The van der Waals surface area contributed by atoms with E-state index >= 15 is 0 Å². The van der Waals surface area contributed by atoms with Crippen molar-refractivity contribution >= 4 is 35.7 Å². The van der Waals surface area contributed by atoms with Crippen LogP contribution in [0.5, 0.6) is 5.75 Å². The van der Waals surface area contributed by atoms with Crippen LogP contribution >= 0.6 is 12.4 Å². The molecule has 4 rings (SSSR count). The number of phenolic OH excluding ortho intramolecular Hbond substituents is 1. The number of aromatic nitrogens is 1.